The van der Waals surface area contributed by atoms with Crippen LogP contribution in [-0.2, 0) is 6.42 Å². The molecule has 0 fully saturated rings. The van der Waals surface area contributed by atoms with E-state index in [0.29, 0.717) is 24.4 Å². The van der Waals surface area contributed by atoms with E-state index in [9.17, 15) is 9.18 Å². The van der Waals surface area contributed by atoms with Gasteiger partial charge in [-0.2, -0.15) is 4.52 Å². The smallest absolute Gasteiger partial charge is 0.251 e. The first kappa shape index (κ1) is 20.7. The number of rotatable bonds is 10. The molecule has 1 amide bonds. The van der Waals surface area contributed by atoms with E-state index >= 15 is 0 Å². The van der Waals surface area contributed by atoms with Gasteiger partial charge >= 0.3 is 0 Å². The first-order valence-corrected chi connectivity index (χ1v) is 9.82. The van der Waals surface area contributed by atoms with Crippen LogP contribution in [0.4, 0.5) is 10.2 Å². The molecule has 154 valence electrons. The summed E-state index contributed by atoms with van der Waals surface area (Å²) in [6.07, 6.45) is 0.456. The molecule has 0 aliphatic rings. The highest BCUT2D eigenvalue weighted by molar-refractivity contribution is 5.94. The van der Waals surface area contributed by atoms with Gasteiger partial charge in [-0.1, -0.05) is 19.9 Å². The lowest BCUT2D eigenvalue weighted by molar-refractivity contribution is 0.0953. The van der Waals surface area contributed by atoms with Gasteiger partial charge in [-0.3, -0.25) is 4.79 Å². The van der Waals surface area contributed by atoms with Gasteiger partial charge in [0.15, 0.2) is 11.5 Å². The predicted octanol–water partition coefficient (Wildman–Crippen LogP) is 1.99. The topological polar surface area (TPSA) is 87.5 Å². The Hall–Kier alpha value is -3.07. The zero-order valence-electron chi connectivity index (χ0n) is 16.7. The summed E-state index contributed by atoms with van der Waals surface area (Å²) in [4.78, 5) is 14.4. The summed E-state index contributed by atoms with van der Waals surface area (Å²) in [5.41, 5.74) is 0.930. The van der Waals surface area contributed by atoms with E-state index in [4.69, 9.17) is 0 Å². The Kier molecular flexibility index (Phi) is 7.07. The number of likely N-dealkylation sites (N-methyl/N-ethyl adjacent to an activating group) is 1. The lowest BCUT2D eigenvalue weighted by atomic mass is 10.2. The molecule has 0 saturated heterocycles. The quantitative estimate of drug-likeness (QED) is 0.542. The average Bonchev–Trinajstić information content (AvgIpc) is 3.13. The third-order valence-corrected chi connectivity index (χ3v) is 4.68. The number of halogens is 1. The minimum Gasteiger partial charge on any atom is -0.367 e. The minimum atomic E-state index is -0.439. The zero-order valence-corrected chi connectivity index (χ0v) is 16.7. The van der Waals surface area contributed by atoms with Gasteiger partial charge in [-0.25, -0.2) is 4.39 Å². The second-order valence-electron chi connectivity index (χ2n) is 6.57. The summed E-state index contributed by atoms with van der Waals surface area (Å²) in [6, 6.07) is 9.33. The fraction of sp³-hybridized carbons (Fsp3) is 0.400. The lowest BCUT2D eigenvalue weighted by Crippen LogP contribution is -2.29. The molecule has 2 N–H and O–H groups in total. The molecule has 2 heterocycles. The van der Waals surface area contributed by atoms with E-state index < -0.39 is 5.82 Å². The van der Waals surface area contributed by atoms with Gasteiger partial charge in [0.2, 0.25) is 0 Å². The van der Waals surface area contributed by atoms with E-state index in [-0.39, 0.29) is 11.5 Å². The van der Waals surface area contributed by atoms with Crippen LogP contribution in [0.15, 0.2) is 36.4 Å². The maximum Gasteiger partial charge on any atom is 0.251 e. The van der Waals surface area contributed by atoms with Crippen LogP contribution >= 0.6 is 0 Å². The molecule has 9 heteroatoms. The molecule has 8 nitrogen and oxygen atoms in total. The monoisotopic (exact) mass is 399 g/mol. The maximum atomic E-state index is 13.2. The van der Waals surface area contributed by atoms with E-state index in [1.807, 2.05) is 12.1 Å². The zero-order chi connectivity index (χ0) is 20.6. The average molecular weight is 399 g/mol. The Bertz CT molecular complexity index is 955. The number of aromatic nitrogens is 4. The van der Waals surface area contributed by atoms with E-state index in [1.165, 1.54) is 18.2 Å². The number of fused-ring (bicyclic) bond motifs is 1. The Morgan fingerprint density at radius 3 is 2.72 bits per heavy atom. The van der Waals surface area contributed by atoms with Gasteiger partial charge in [-0.15, -0.1) is 15.3 Å². The predicted molar refractivity (Wildman–Crippen MR) is 109 cm³/mol. The van der Waals surface area contributed by atoms with Gasteiger partial charge in [0.05, 0.1) is 0 Å². The van der Waals surface area contributed by atoms with Crippen molar-refractivity contribution in [3.8, 4) is 0 Å². The van der Waals surface area contributed by atoms with Crippen LogP contribution < -0.4 is 10.6 Å². The van der Waals surface area contributed by atoms with Gasteiger partial charge in [0.1, 0.15) is 11.6 Å². The third-order valence-electron chi connectivity index (χ3n) is 4.68. The van der Waals surface area contributed by atoms with Crippen LogP contribution in [0.3, 0.4) is 0 Å². The van der Waals surface area contributed by atoms with Crippen molar-refractivity contribution < 1.29 is 9.18 Å². The minimum absolute atomic E-state index is 0.286. The fourth-order valence-electron chi connectivity index (χ4n) is 2.99. The second kappa shape index (κ2) is 9.92. The molecule has 1 aromatic carbocycles. The fourth-order valence-corrected chi connectivity index (χ4v) is 2.99. The highest BCUT2D eigenvalue weighted by Crippen LogP contribution is 2.08. The summed E-state index contributed by atoms with van der Waals surface area (Å²) < 4.78 is 14.9. The molecular weight excluding hydrogens is 373 g/mol. The number of nitrogens with one attached hydrogen (secondary N) is 2. The van der Waals surface area contributed by atoms with Crippen LogP contribution in [0.2, 0.25) is 0 Å². The van der Waals surface area contributed by atoms with E-state index in [2.05, 4.69) is 44.7 Å². The molecule has 2 aromatic heterocycles. The number of hydrogen-bond acceptors (Lipinski definition) is 6. The third kappa shape index (κ3) is 5.47. The summed E-state index contributed by atoms with van der Waals surface area (Å²) >= 11 is 0. The first-order chi connectivity index (χ1) is 14.1. The normalized spacial score (nSPS) is 11.2. The van der Waals surface area contributed by atoms with E-state index in [0.717, 1.165) is 32.0 Å². The van der Waals surface area contributed by atoms with Gasteiger partial charge in [0, 0.05) is 31.6 Å². The summed E-state index contributed by atoms with van der Waals surface area (Å²) in [5.74, 6) is 0.623. The van der Waals surface area contributed by atoms with Crippen molar-refractivity contribution >= 4 is 17.4 Å². The van der Waals surface area contributed by atoms with Crippen LogP contribution in [0.5, 0.6) is 0 Å². The van der Waals surface area contributed by atoms with Crippen molar-refractivity contribution in [1.29, 1.82) is 0 Å². The van der Waals surface area contributed by atoms with Crippen molar-refractivity contribution in [2.45, 2.75) is 20.3 Å². The molecule has 29 heavy (non-hydrogen) atoms. The van der Waals surface area contributed by atoms with Gasteiger partial charge < -0.3 is 15.5 Å². The van der Waals surface area contributed by atoms with Crippen molar-refractivity contribution in [3.05, 3.63) is 53.6 Å². The number of hydrogen-bond donors (Lipinski definition) is 2. The largest absolute Gasteiger partial charge is 0.367 e. The Balaban J connectivity index is 1.57. The maximum absolute atomic E-state index is 13.2. The molecule has 0 spiro atoms. The molecule has 0 atom stereocenters. The van der Waals surface area contributed by atoms with Crippen molar-refractivity contribution in [1.82, 2.24) is 30.0 Å². The molecule has 0 bridgehead atoms. The molecular formula is C20H26FN7O. The molecule has 3 aromatic rings. The number of carbonyl (C=O) groups is 1. The molecule has 0 unspecified atom stereocenters. The first-order valence-electron chi connectivity index (χ1n) is 9.82. The number of carbonyl (C=O) groups excluding carboxylic acids is 1. The second-order valence-corrected chi connectivity index (χ2v) is 6.57. The van der Waals surface area contributed by atoms with Crippen LogP contribution in [0.25, 0.3) is 5.65 Å². The number of anilines is 1. The Labute approximate surface area is 169 Å². The summed E-state index contributed by atoms with van der Waals surface area (Å²) in [7, 11) is 0. The number of amides is 1. The summed E-state index contributed by atoms with van der Waals surface area (Å²) in [5, 5.41) is 18.9. The summed E-state index contributed by atoms with van der Waals surface area (Å²) in [6.45, 7) is 8.39. The molecule has 3 rings (SSSR count). The van der Waals surface area contributed by atoms with Crippen LogP contribution in [0.1, 0.15) is 30.0 Å². The highest BCUT2D eigenvalue weighted by atomic mass is 19.1. The molecule has 0 aliphatic carbocycles. The van der Waals surface area contributed by atoms with Crippen molar-refractivity contribution in [3.63, 3.8) is 0 Å². The lowest BCUT2D eigenvalue weighted by Gasteiger charge is -2.18. The molecule has 0 radical (unpaired) electrons. The molecule has 0 aliphatic heterocycles. The Morgan fingerprint density at radius 2 is 1.97 bits per heavy atom. The number of nitrogens with zero attached hydrogens (tertiary/aromatic N) is 5. The van der Waals surface area contributed by atoms with Crippen LogP contribution in [0, 0.1) is 5.82 Å². The van der Waals surface area contributed by atoms with Gasteiger partial charge in [-0.05, 0) is 43.4 Å². The van der Waals surface area contributed by atoms with Crippen LogP contribution in [-0.4, -0.2) is 63.3 Å². The molecule has 0 saturated carbocycles. The van der Waals surface area contributed by atoms with Gasteiger partial charge in [0.25, 0.3) is 5.91 Å². The Morgan fingerprint density at radius 1 is 1.14 bits per heavy atom. The SMILES string of the molecule is CCN(CC)CCNc1ccc2nnc(CCNC(=O)c3cccc(F)c3)n2n1. The van der Waals surface area contributed by atoms with Crippen molar-refractivity contribution in [2.24, 2.45) is 0 Å². The highest BCUT2D eigenvalue weighted by Gasteiger charge is 2.10. The standard InChI is InChI=1S/C20H26FN7O/c1-3-27(4-2)13-12-22-17-8-9-18-24-25-19(28(18)26-17)10-11-23-20(29)15-6-5-7-16(21)14-15/h5-9,14H,3-4,10-13H2,1-2H3,(H,22,26)(H,23,29). The number of benzene rings is 1. The van der Waals surface area contributed by atoms with Crippen molar-refractivity contribution in [2.75, 3.05) is 38.0 Å². The van der Waals surface area contributed by atoms with E-state index in [1.54, 1.807) is 10.6 Å².